The standard InChI is InChI=1S/C19H20N2O3S/c20-18(22)13-25-17-9-5-4-8-15(17)19(23)21-10-11-24-16(12-21)14-6-2-1-3-7-14/h1-9,16H,10-13H2,(H2,20,22). The van der Waals surface area contributed by atoms with Gasteiger partial charge in [-0.25, -0.2) is 0 Å². The SMILES string of the molecule is NC(=O)CSc1ccccc1C(=O)N1CCOC(c2ccccc2)C1. The van der Waals surface area contributed by atoms with Gasteiger partial charge >= 0.3 is 0 Å². The Balaban J connectivity index is 1.75. The average molecular weight is 356 g/mol. The maximum atomic E-state index is 13.0. The van der Waals surface area contributed by atoms with Gasteiger partial charge in [0, 0.05) is 11.4 Å². The van der Waals surface area contributed by atoms with E-state index in [1.807, 2.05) is 53.4 Å². The van der Waals surface area contributed by atoms with Crippen molar-refractivity contribution in [2.45, 2.75) is 11.0 Å². The van der Waals surface area contributed by atoms with Gasteiger partial charge in [-0.15, -0.1) is 11.8 Å². The van der Waals surface area contributed by atoms with Crippen LogP contribution >= 0.6 is 11.8 Å². The van der Waals surface area contributed by atoms with Crippen molar-refractivity contribution in [1.82, 2.24) is 4.90 Å². The Labute approximate surface area is 151 Å². The third-order valence-electron chi connectivity index (χ3n) is 4.01. The van der Waals surface area contributed by atoms with E-state index in [9.17, 15) is 9.59 Å². The van der Waals surface area contributed by atoms with Crippen LogP contribution in [0.5, 0.6) is 0 Å². The Morgan fingerprint density at radius 3 is 2.60 bits per heavy atom. The number of rotatable bonds is 5. The summed E-state index contributed by atoms with van der Waals surface area (Å²) < 4.78 is 5.83. The minimum Gasteiger partial charge on any atom is -0.370 e. The number of benzene rings is 2. The lowest BCUT2D eigenvalue weighted by molar-refractivity contribution is -0.115. The summed E-state index contributed by atoms with van der Waals surface area (Å²) >= 11 is 1.29. The Hall–Kier alpha value is -2.31. The van der Waals surface area contributed by atoms with Crippen LogP contribution in [0.3, 0.4) is 0 Å². The molecule has 0 radical (unpaired) electrons. The highest BCUT2D eigenvalue weighted by atomic mass is 32.2. The lowest BCUT2D eigenvalue weighted by Gasteiger charge is -2.33. The minimum atomic E-state index is -0.400. The molecule has 1 saturated heterocycles. The number of nitrogens with zero attached hydrogens (tertiary/aromatic N) is 1. The van der Waals surface area contributed by atoms with Crippen molar-refractivity contribution in [2.24, 2.45) is 5.73 Å². The molecule has 0 bridgehead atoms. The van der Waals surface area contributed by atoms with E-state index in [0.29, 0.717) is 25.3 Å². The molecule has 0 saturated carbocycles. The van der Waals surface area contributed by atoms with Gasteiger partial charge in [-0.05, 0) is 17.7 Å². The van der Waals surface area contributed by atoms with E-state index < -0.39 is 5.91 Å². The number of carbonyl (C=O) groups is 2. The summed E-state index contributed by atoms with van der Waals surface area (Å²) in [4.78, 5) is 26.6. The Morgan fingerprint density at radius 2 is 1.84 bits per heavy atom. The zero-order valence-corrected chi connectivity index (χ0v) is 14.6. The molecule has 1 heterocycles. The van der Waals surface area contributed by atoms with Crippen LogP contribution in [-0.4, -0.2) is 42.2 Å². The molecular weight excluding hydrogens is 336 g/mol. The first-order chi connectivity index (χ1) is 12.1. The van der Waals surface area contributed by atoms with E-state index in [0.717, 1.165) is 10.5 Å². The molecule has 1 aliphatic heterocycles. The number of hydrogen-bond acceptors (Lipinski definition) is 4. The third-order valence-corrected chi connectivity index (χ3v) is 5.11. The van der Waals surface area contributed by atoms with E-state index in [4.69, 9.17) is 10.5 Å². The van der Waals surface area contributed by atoms with Crippen molar-refractivity contribution in [3.8, 4) is 0 Å². The van der Waals surface area contributed by atoms with Gasteiger partial charge in [-0.3, -0.25) is 9.59 Å². The molecule has 25 heavy (non-hydrogen) atoms. The van der Waals surface area contributed by atoms with Gasteiger partial charge in [0.15, 0.2) is 0 Å². The number of carbonyl (C=O) groups excluding carboxylic acids is 2. The Morgan fingerprint density at radius 1 is 1.12 bits per heavy atom. The summed E-state index contributed by atoms with van der Waals surface area (Å²) in [6.07, 6.45) is -0.121. The number of amides is 2. The second-order valence-corrected chi connectivity index (χ2v) is 6.79. The lowest BCUT2D eigenvalue weighted by atomic mass is 10.1. The van der Waals surface area contributed by atoms with Crippen molar-refractivity contribution in [2.75, 3.05) is 25.4 Å². The second-order valence-electron chi connectivity index (χ2n) is 5.77. The molecule has 2 aromatic rings. The Kier molecular flexibility index (Phi) is 5.73. The number of ether oxygens (including phenoxy) is 1. The number of thioether (sulfide) groups is 1. The Bertz CT molecular complexity index is 751. The molecular formula is C19H20N2O3S. The van der Waals surface area contributed by atoms with Crippen molar-refractivity contribution in [3.63, 3.8) is 0 Å². The monoisotopic (exact) mass is 356 g/mol. The van der Waals surface area contributed by atoms with Crippen molar-refractivity contribution in [3.05, 3.63) is 65.7 Å². The first-order valence-corrected chi connectivity index (χ1v) is 9.09. The van der Waals surface area contributed by atoms with Crippen LogP contribution in [0.15, 0.2) is 59.5 Å². The first kappa shape index (κ1) is 17.5. The van der Waals surface area contributed by atoms with Crippen molar-refractivity contribution >= 4 is 23.6 Å². The zero-order valence-electron chi connectivity index (χ0n) is 13.8. The molecule has 2 aromatic carbocycles. The van der Waals surface area contributed by atoms with Crippen LogP contribution in [0.25, 0.3) is 0 Å². The van der Waals surface area contributed by atoms with Gasteiger partial charge in [-0.1, -0.05) is 42.5 Å². The molecule has 6 heteroatoms. The zero-order chi connectivity index (χ0) is 17.6. The van der Waals surface area contributed by atoms with Gasteiger partial charge in [0.2, 0.25) is 5.91 Å². The smallest absolute Gasteiger partial charge is 0.255 e. The third kappa shape index (κ3) is 4.41. The van der Waals surface area contributed by atoms with Gasteiger partial charge in [0.05, 0.1) is 24.5 Å². The van der Waals surface area contributed by atoms with Crippen LogP contribution in [0.1, 0.15) is 22.0 Å². The number of hydrogen-bond donors (Lipinski definition) is 1. The summed E-state index contributed by atoms with van der Waals surface area (Å²) in [5.74, 6) is -0.292. The topological polar surface area (TPSA) is 72.6 Å². The molecule has 0 spiro atoms. The van der Waals surface area contributed by atoms with E-state index in [1.54, 1.807) is 6.07 Å². The van der Waals surface area contributed by atoms with Gasteiger partial charge in [-0.2, -0.15) is 0 Å². The normalized spacial score (nSPS) is 17.3. The highest BCUT2D eigenvalue weighted by molar-refractivity contribution is 8.00. The molecule has 3 rings (SSSR count). The van der Waals surface area contributed by atoms with Crippen molar-refractivity contribution in [1.29, 1.82) is 0 Å². The first-order valence-electron chi connectivity index (χ1n) is 8.11. The molecule has 0 aliphatic carbocycles. The van der Waals surface area contributed by atoms with Gasteiger partial charge in [0.25, 0.3) is 5.91 Å². The fraction of sp³-hybridized carbons (Fsp3) is 0.263. The summed E-state index contributed by atoms with van der Waals surface area (Å²) in [5, 5.41) is 0. The molecule has 1 unspecified atom stereocenters. The van der Waals surface area contributed by atoms with E-state index in [2.05, 4.69) is 0 Å². The maximum Gasteiger partial charge on any atom is 0.255 e. The summed E-state index contributed by atoms with van der Waals surface area (Å²) in [5.41, 5.74) is 6.89. The van der Waals surface area contributed by atoms with Crippen LogP contribution in [0.4, 0.5) is 0 Å². The highest BCUT2D eigenvalue weighted by Crippen LogP contribution is 2.27. The lowest BCUT2D eigenvalue weighted by Crippen LogP contribution is -2.42. The summed E-state index contributed by atoms with van der Waals surface area (Å²) in [7, 11) is 0. The van der Waals surface area contributed by atoms with Gasteiger partial charge in [0.1, 0.15) is 6.10 Å². The predicted octanol–water partition coefficient (Wildman–Crippen LogP) is 2.48. The molecule has 0 aromatic heterocycles. The fourth-order valence-electron chi connectivity index (χ4n) is 2.79. The highest BCUT2D eigenvalue weighted by Gasteiger charge is 2.27. The number of nitrogens with two attached hydrogens (primary N) is 1. The molecule has 2 N–H and O–H groups in total. The van der Waals surface area contributed by atoms with E-state index in [1.165, 1.54) is 11.8 Å². The largest absolute Gasteiger partial charge is 0.370 e. The molecule has 5 nitrogen and oxygen atoms in total. The molecule has 2 amide bonds. The molecule has 1 fully saturated rings. The second kappa shape index (κ2) is 8.18. The minimum absolute atomic E-state index is 0.0446. The van der Waals surface area contributed by atoms with Crippen molar-refractivity contribution < 1.29 is 14.3 Å². The number of primary amides is 1. The fourth-order valence-corrected chi connectivity index (χ4v) is 3.57. The molecule has 1 atom stereocenters. The van der Waals surface area contributed by atoms with Crippen LogP contribution in [0, 0.1) is 0 Å². The maximum absolute atomic E-state index is 13.0. The predicted molar refractivity (Wildman–Crippen MR) is 97.4 cm³/mol. The van der Waals surface area contributed by atoms with Crippen LogP contribution in [-0.2, 0) is 9.53 Å². The summed E-state index contributed by atoms with van der Waals surface area (Å²) in [6.45, 7) is 1.57. The van der Waals surface area contributed by atoms with Gasteiger partial charge < -0.3 is 15.4 Å². The quantitative estimate of drug-likeness (QED) is 0.836. The number of morpholine rings is 1. The summed E-state index contributed by atoms with van der Waals surface area (Å²) in [6, 6.07) is 17.2. The van der Waals surface area contributed by atoms with E-state index in [-0.39, 0.29) is 17.8 Å². The van der Waals surface area contributed by atoms with Crippen LogP contribution < -0.4 is 5.73 Å². The van der Waals surface area contributed by atoms with E-state index >= 15 is 0 Å². The van der Waals surface area contributed by atoms with Crippen LogP contribution in [0.2, 0.25) is 0 Å². The molecule has 1 aliphatic rings. The average Bonchev–Trinajstić information content (AvgIpc) is 2.67. The molecule has 130 valence electrons.